The molecule has 2 aromatic carbocycles. The Morgan fingerprint density at radius 2 is 0.857 bits per heavy atom. The number of halogens is 1. The molecule has 4 atom stereocenters. The van der Waals surface area contributed by atoms with Crippen LogP contribution >= 0.6 is 11.6 Å². The smallest absolute Gasteiger partial charge is 0.190 e. The van der Waals surface area contributed by atoms with Crippen LogP contribution in [0.5, 0.6) is 0 Å². The molecule has 4 aliphatic rings. The highest BCUT2D eigenvalue weighted by Crippen LogP contribution is 2.55. The molecule has 0 spiro atoms. The SMILES string of the molecule is CC1C2=C(C(=O)c3ccccc3C2=O)C(C)C2=C1C(C)C1=C(C(=O)c3cc(Cl)ccc3C1=O)C2C. The van der Waals surface area contributed by atoms with Gasteiger partial charge >= 0.3 is 0 Å². The van der Waals surface area contributed by atoms with Crippen molar-refractivity contribution in [3.05, 3.63) is 103 Å². The van der Waals surface area contributed by atoms with Crippen LogP contribution in [0.3, 0.4) is 0 Å². The molecule has 0 radical (unpaired) electrons. The third kappa shape index (κ3) is 2.69. The van der Waals surface area contributed by atoms with Crippen LogP contribution in [0.2, 0.25) is 5.02 Å². The van der Waals surface area contributed by atoms with Crippen molar-refractivity contribution >= 4 is 34.7 Å². The molecule has 6 rings (SSSR count). The summed E-state index contributed by atoms with van der Waals surface area (Å²) < 4.78 is 0. The number of ketones is 4. The van der Waals surface area contributed by atoms with Gasteiger partial charge in [0.15, 0.2) is 23.1 Å². The van der Waals surface area contributed by atoms with Crippen LogP contribution in [0.15, 0.2) is 75.9 Å². The molecule has 0 aliphatic heterocycles. The summed E-state index contributed by atoms with van der Waals surface area (Å²) in [5, 5.41) is 0.407. The van der Waals surface area contributed by atoms with E-state index in [4.69, 9.17) is 11.6 Å². The first-order chi connectivity index (χ1) is 16.6. The second-order valence-corrected chi connectivity index (χ2v) is 10.4. The van der Waals surface area contributed by atoms with Gasteiger partial charge in [-0.25, -0.2) is 0 Å². The van der Waals surface area contributed by atoms with Gasteiger partial charge in [0, 0.05) is 73.2 Å². The predicted molar refractivity (Wildman–Crippen MR) is 133 cm³/mol. The number of hydrogen-bond donors (Lipinski definition) is 0. The number of allylic oxidation sites excluding steroid dienone is 6. The molecular weight excluding hydrogens is 460 g/mol. The molecule has 0 aromatic heterocycles. The first-order valence-corrected chi connectivity index (χ1v) is 12.3. The summed E-state index contributed by atoms with van der Waals surface area (Å²) in [6.07, 6.45) is 0. The Hall–Kier alpha value is -3.37. The maximum absolute atomic E-state index is 13.7. The molecule has 0 N–H and O–H groups in total. The van der Waals surface area contributed by atoms with Crippen molar-refractivity contribution in [2.75, 3.05) is 0 Å². The lowest BCUT2D eigenvalue weighted by Crippen LogP contribution is -2.41. The van der Waals surface area contributed by atoms with Crippen LogP contribution in [0.1, 0.15) is 69.1 Å². The van der Waals surface area contributed by atoms with Gasteiger partial charge < -0.3 is 0 Å². The molecule has 0 bridgehead atoms. The molecule has 35 heavy (non-hydrogen) atoms. The Morgan fingerprint density at radius 3 is 1.26 bits per heavy atom. The first kappa shape index (κ1) is 22.1. The van der Waals surface area contributed by atoms with Crippen LogP contribution in [0, 0.1) is 23.7 Å². The summed E-state index contributed by atoms with van der Waals surface area (Å²) in [6, 6.07) is 11.8. The average molecular weight is 483 g/mol. The topological polar surface area (TPSA) is 68.3 Å². The van der Waals surface area contributed by atoms with Crippen LogP contribution in [-0.2, 0) is 0 Å². The lowest BCUT2D eigenvalue weighted by Gasteiger charge is -2.45. The van der Waals surface area contributed by atoms with E-state index < -0.39 is 0 Å². The molecule has 4 aliphatic carbocycles. The van der Waals surface area contributed by atoms with Gasteiger partial charge in [0.1, 0.15) is 0 Å². The number of fused-ring (bicyclic) bond motifs is 2. The van der Waals surface area contributed by atoms with E-state index in [-0.39, 0.29) is 46.8 Å². The Labute approximate surface area is 208 Å². The number of carbonyl (C=O) groups is 4. The summed E-state index contributed by atoms with van der Waals surface area (Å²) in [5.74, 6) is -1.95. The standard InChI is InChI=1S/C30H23ClO4/c1-12-21-14(3)25-26(30(35)20-11-16(31)9-10-19(20)29(25)34)15(4)22(21)13(2)24-23(12)27(32)17-7-5-6-8-18(17)28(24)33/h5-15H,1-4H3. The van der Waals surface area contributed by atoms with E-state index in [2.05, 4.69) is 0 Å². The van der Waals surface area contributed by atoms with Crippen molar-refractivity contribution < 1.29 is 19.2 Å². The fraction of sp³-hybridized carbons (Fsp3) is 0.267. The van der Waals surface area contributed by atoms with Gasteiger partial charge in [-0.05, 0) is 18.2 Å². The Morgan fingerprint density at radius 1 is 0.514 bits per heavy atom. The number of benzene rings is 2. The van der Waals surface area contributed by atoms with E-state index in [0.717, 1.165) is 11.1 Å². The van der Waals surface area contributed by atoms with Gasteiger partial charge in [0.25, 0.3) is 0 Å². The Bertz CT molecular complexity index is 1530. The van der Waals surface area contributed by atoms with Crippen molar-refractivity contribution in [3.63, 3.8) is 0 Å². The van der Waals surface area contributed by atoms with Gasteiger partial charge in [-0.3, -0.25) is 19.2 Å². The third-order valence-electron chi connectivity index (χ3n) is 8.38. The maximum Gasteiger partial charge on any atom is 0.190 e. The molecular formula is C30H23ClO4. The molecule has 174 valence electrons. The van der Waals surface area contributed by atoms with Gasteiger partial charge in [-0.15, -0.1) is 0 Å². The highest BCUT2D eigenvalue weighted by Gasteiger charge is 2.50. The van der Waals surface area contributed by atoms with Gasteiger partial charge in [0.05, 0.1) is 0 Å². The van der Waals surface area contributed by atoms with Crippen LogP contribution < -0.4 is 0 Å². The summed E-state index contributed by atoms with van der Waals surface area (Å²) in [7, 11) is 0. The molecule has 5 heteroatoms. The molecule has 4 unspecified atom stereocenters. The number of carbonyl (C=O) groups excluding carboxylic acids is 4. The summed E-state index contributed by atoms with van der Waals surface area (Å²) in [5.41, 5.74) is 5.60. The average Bonchev–Trinajstić information content (AvgIpc) is 2.84. The van der Waals surface area contributed by atoms with E-state index in [0.29, 0.717) is 49.6 Å². The Balaban J connectivity index is 1.53. The van der Waals surface area contributed by atoms with Crippen molar-refractivity contribution in [3.8, 4) is 0 Å². The minimum atomic E-state index is -0.355. The molecule has 0 saturated carbocycles. The summed E-state index contributed by atoms with van der Waals surface area (Å²) in [6.45, 7) is 7.78. The van der Waals surface area contributed by atoms with E-state index in [1.54, 1.807) is 42.5 Å². The largest absolute Gasteiger partial charge is 0.289 e. The van der Waals surface area contributed by atoms with Crippen LogP contribution in [0.4, 0.5) is 0 Å². The second-order valence-electron chi connectivity index (χ2n) is 10.0. The van der Waals surface area contributed by atoms with Crippen molar-refractivity contribution in [1.29, 1.82) is 0 Å². The Kier molecular flexibility index (Phi) is 4.62. The van der Waals surface area contributed by atoms with Crippen molar-refractivity contribution in [2.24, 2.45) is 23.7 Å². The summed E-state index contributed by atoms with van der Waals surface area (Å²) in [4.78, 5) is 54.7. The minimum Gasteiger partial charge on any atom is -0.289 e. The van der Waals surface area contributed by atoms with Gasteiger partial charge in [0.2, 0.25) is 0 Å². The third-order valence-corrected chi connectivity index (χ3v) is 8.61. The zero-order chi connectivity index (χ0) is 24.9. The monoisotopic (exact) mass is 482 g/mol. The zero-order valence-electron chi connectivity index (χ0n) is 19.9. The van der Waals surface area contributed by atoms with Crippen molar-refractivity contribution in [2.45, 2.75) is 27.7 Å². The number of hydrogen-bond acceptors (Lipinski definition) is 4. The second kappa shape index (κ2) is 7.32. The van der Waals surface area contributed by atoms with E-state index in [1.807, 2.05) is 27.7 Å². The number of rotatable bonds is 0. The lowest BCUT2D eigenvalue weighted by molar-refractivity contribution is 0.0945. The van der Waals surface area contributed by atoms with E-state index in [9.17, 15) is 19.2 Å². The van der Waals surface area contributed by atoms with E-state index >= 15 is 0 Å². The lowest BCUT2D eigenvalue weighted by atomic mass is 9.56. The van der Waals surface area contributed by atoms with E-state index in [1.165, 1.54) is 0 Å². The van der Waals surface area contributed by atoms with Crippen molar-refractivity contribution in [1.82, 2.24) is 0 Å². The molecule has 0 fully saturated rings. The molecule has 0 saturated heterocycles. The normalized spacial score (nSPS) is 27.5. The minimum absolute atomic E-state index is 0.119. The fourth-order valence-electron chi connectivity index (χ4n) is 6.94. The maximum atomic E-state index is 13.7. The van der Waals surface area contributed by atoms with Crippen LogP contribution in [-0.4, -0.2) is 23.1 Å². The quantitative estimate of drug-likeness (QED) is 0.415. The predicted octanol–water partition coefficient (Wildman–Crippen LogP) is 6.26. The first-order valence-electron chi connectivity index (χ1n) is 11.9. The summed E-state index contributed by atoms with van der Waals surface area (Å²) >= 11 is 6.17. The molecule has 2 aromatic rings. The zero-order valence-corrected chi connectivity index (χ0v) is 20.6. The van der Waals surface area contributed by atoms with Gasteiger partial charge in [-0.2, -0.15) is 0 Å². The fourth-order valence-corrected chi connectivity index (χ4v) is 7.11. The highest BCUT2D eigenvalue weighted by atomic mass is 35.5. The van der Waals surface area contributed by atoms with Crippen LogP contribution in [0.25, 0.3) is 0 Å². The molecule has 0 amide bonds. The van der Waals surface area contributed by atoms with Gasteiger partial charge in [-0.1, -0.05) is 74.7 Å². The number of Topliss-reactive ketones (excluding diaryl/α,β-unsaturated/α-hetero) is 4. The highest BCUT2D eigenvalue weighted by molar-refractivity contribution is 6.33. The molecule has 4 nitrogen and oxygen atoms in total. The molecule has 0 heterocycles.